The highest BCUT2D eigenvalue weighted by atomic mass is 32.2. The summed E-state index contributed by atoms with van der Waals surface area (Å²) in [5.74, 6) is 0.104. The van der Waals surface area contributed by atoms with Gasteiger partial charge in [0.2, 0.25) is 16.8 Å². The maximum atomic E-state index is 12.3. The van der Waals surface area contributed by atoms with E-state index in [0.717, 1.165) is 0 Å². The molecule has 0 aromatic heterocycles. The molecule has 1 aromatic rings. The molecule has 23 heavy (non-hydrogen) atoms. The van der Waals surface area contributed by atoms with E-state index < -0.39 is 28.0 Å². The minimum atomic E-state index is -3.78. The molecule has 128 valence electrons. The van der Waals surface area contributed by atoms with Crippen molar-refractivity contribution in [1.29, 1.82) is 0 Å². The van der Waals surface area contributed by atoms with Crippen molar-refractivity contribution in [3.05, 3.63) is 18.2 Å². The highest BCUT2D eigenvalue weighted by Gasteiger charge is 2.37. The van der Waals surface area contributed by atoms with Crippen molar-refractivity contribution in [2.45, 2.75) is 36.7 Å². The summed E-state index contributed by atoms with van der Waals surface area (Å²) >= 11 is 0. The standard InChI is InChI=1S/C14H19NO7S/c1-14(2)21-7-13(22-14)10(16)6-15-23(17,18)9-3-4-11-12(5-9)20-8-19-11/h3-5,10,13,15-16H,6-8H2,1-2H3/t10?,13-/m1/s1. The Balaban J connectivity index is 1.63. The SMILES string of the molecule is CC1(C)OC[C@H](C(O)CNS(=O)(=O)c2ccc3c(c2)OCO3)O1. The van der Waals surface area contributed by atoms with Crippen LogP contribution in [0, 0.1) is 0 Å². The average molecular weight is 345 g/mol. The second-order valence-corrected chi connectivity index (χ2v) is 7.57. The molecule has 0 aliphatic carbocycles. The molecule has 0 amide bonds. The fraction of sp³-hybridized carbons (Fsp3) is 0.571. The van der Waals surface area contributed by atoms with Gasteiger partial charge < -0.3 is 24.1 Å². The van der Waals surface area contributed by atoms with Gasteiger partial charge in [0.1, 0.15) is 6.10 Å². The zero-order valence-electron chi connectivity index (χ0n) is 12.8. The van der Waals surface area contributed by atoms with Crippen LogP contribution in [0.4, 0.5) is 0 Å². The van der Waals surface area contributed by atoms with Crippen LogP contribution in [0.3, 0.4) is 0 Å². The Bertz CT molecular complexity index is 688. The fourth-order valence-corrected chi connectivity index (χ4v) is 3.43. The smallest absolute Gasteiger partial charge is 0.240 e. The summed E-state index contributed by atoms with van der Waals surface area (Å²) in [6.45, 7) is 3.56. The maximum absolute atomic E-state index is 12.3. The molecule has 1 fully saturated rings. The molecule has 2 N–H and O–H groups in total. The van der Waals surface area contributed by atoms with E-state index in [1.54, 1.807) is 13.8 Å². The van der Waals surface area contributed by atoms with Crippen LogP contribution in [-0.4, -0.2) is 51.5 Å². The zero-order chi connectivity index (χ0) is 16.7. The van der Waals surface area contributed by atoms with Crippen molar-refractivity contribution in [3.63, 3.8) is 0 Å². The number of aliphatic hydroxyl groups excluding tert-OH is 1. The molecular weight excluding hydrogens is 326 g/mol. The van der Waals surface area contributed by atoms with E-state index in [2.05, 4.69) is 4.72 Å². The van der Waals surface area contributed by atoms with E-state index in [9.17, 15) is 13.5 Å². The highest BCUT2D eigenvalue weighted by Crippen LogP contribution is 2.33. The van der Waals surface area contributed by atoms with Gasteiger partial charge in [-0.15, -0.1) is 0 Å². The maximum Gasteiger partial charge on any atom is 0.240 e. The molecule has 1 saturated heterocycles. The first-order valence-corrected chi connectivity index (χ1v) is 8.64. The third-order valence-corrected chi connectivity index (χ3v) is 5.02. The van der Waals surface area contributed by atoms with E-state index in [1.165, 1.54) is 18.2 Å². The monoisotopic (exact) mass is 345 g/mol. The molecule has 8 nitrogen and oxygen atoms in total. The number of hydrogen-bond acceptors (Lipinski definition) is 7. The second-order valence-electron chi connectivity index (χ2n) is 5.80. The van der Waals surface area contributed by atoms with Crippen molar-refractivity contribution in [2.75, 3.05) is 19.9 Å². The third-order valence-electron chi connectivity index (χ3n) is 3.60. The van der Waals surface area contributed by atoms with Crippen LogP contribution in [0.15, 0.2) is 23.1 Å². The summed E-state index contributed by atoms with van der Waals surface area (Å²) in [6.07, 6.45) is -1.59. The first kappa shape index (κ1) is 16.5. The number of hydrogen-bond donors (Lipinski definition) is 2. The topological polar surface area (TPSA) is 103 Å². The van der Waals surface area contributed by atoms with Crippen LogP contribution < -0.4 is 14.2 Å². The summed E-state index contributed by atoms with van der Waals surface area (Å²) < 4.78 is 48.1. The lowest BCUT2D eigenvalue weighted by molar-refractivity contribution is -0.150. The van der Waals surface area contributed by atoms with Gasteiger partial charge in [-0.05, 0) is 26.0 Å². The number of sulfonamides is 1. The molecule has 0 saturated carbocycles. The van der Waals surface area contributed by atoms with Gasteiger partial charge in [-0.1, -0.05) is 0 Å². The molecular formula is C14H19NO7S. The predicted molar refractivity (Wildman–Crippen MR) is 78.7 cm³/mol. The number of aliphatic hydroxyl groups is 1. The Labute approximate surface area is 134 Å². The molecule has 0 radical (unpaired) electrons. The number of fused-ring (bicyclic) bond motifs is 1. The molecule has 2 atom stereocenters. The molecule has 0 bridgehead atoms. The Morgan fingerprint density at radius 3 is 2.78 bits per heavy atom. The largest absolute Gasteiger partial charge is 0.454 e. The highest BCUT2D eigenvalue weighted by molar-refractivity contribution is 7.89. The molecule has 2 aliphatic rings. The molecule has 9 heteroatoms. The summed E-state index contributed by atoms with van der Waals surface area (Å²) in [6, 6.07) is 4.33. The van der Waals surface area contributed by atoms with Gasteiger partial charge in [-0.2, -0.15) is 0 Å². The second kappa shape index (κ2) is 5.91. The molecule has 2 aliphatic heterocycles. The van der Waals surface area contributed by atoms with Crippen molar-refractivity contribution in [2.24, 2.45) is 0 Å². The quantitative estimate of drug-likeness (QED) is 0.786. The summed E-state index contributed by atoms with van der Waals surface area (Å²) in [5.41, 5.74) is 0. The van der Waals surface area contributed by atoms with Gasteiger partial charge in [0.15, 0.2) is 17.3 Å². The Morgan fingerprint density at radius 2 is 2.09 bits per heavy atom. The van der Waals surface area contributed by atoms with E-state index in [4.69, 9.17) is 18.9 Å². The first-order chi connectivity index (χ1) is 10.8. The van der Waals surface area contributed by atoms with Crippen LogP contribution in [0.1, 0.15) is 13.8 Å². The van der Waals surface area contributed by atoms with Crippen LogP contribution in [0.5, 0.6) is 11.5 Å². The van der Waals surface area contributed by atoms with Crippen molar-refractivity contribution in [1.82, 2.24) is 4.72 Å². The average Bonchev–Trinajstić information content (AvgIpc) is 3.10. The van der Waals surface area contributed by atoms with Crippen LogP contribution in [0.2, 0.25) is 0 Å². The minimum Gasteiger partial charge on any atom is -0.454 e. The van der Waals surface area contributed by atoms with E-state index in [0.29, 0.717) is 11.5 Å². The van der Waals surface area contributed by atoms with Crippen LogP contribution >= 0.6 is 0 Å². The number of ether oxygens (including phenoxy) is 4. The van der Waals surface area contributed by atoms with Gasteiger partial charge in [-0.25, -0.2) is 13.1 Å². The van der Waals surface area contributed by atoms with Crippen molar-refractivity contribution >= 4 is 10.0 Å². The van der Waals surface area contributed by atoms with E-state index >= 15 is 0 Å². The molecule has 1 aromatic carbocycles. The lowest BCUT2D eigenvalue weighted by Gasteiger charge is -2.20. The first-order valence-electron chi connectivity index (χ1n) is 7.16. The zero-order valence-corrected chi connectivity index (χ0v) is 13.6. The van der Waals surface area contributed by atoms with Gasteiger partial charge in [0, 0.05) is 12.6 Å². The Hall–Kier alpha value is -1.39. The fourth-order valence-electron chi connectivity index (χ4n) is 2.36. The van der Waals surface area contributed by atoms with Crippen molar-refractivity contribution < 1.29 is 32.5 Å². The lowest BCUT2D eigenvalue weighted by atomic mass is 10.2. The van der Waals surface area contributed by atoms with Gasteiger partial charge in [0.05, 0.1) is 17.6 Å². The lowest BCUT2D eigenvalue weighted by Crippen LogP contribution is -2.40. The Kier molecular flexibility index (Phi) is 4.23. The van der Waals surface area contributed by atoms with Crippen LogP contribution in [-0.2, 0) is 19.5 Å². The summed E-state index contributed by atoms with van der Waals surface area (Å²) in [4.78, 5) is 0.0397. The number of rotatable bonds is 5. The summed E-state index contributed by atoms with van der Waals surface area (Å²) in [5, 5.41) is 10.1. The van der Waals surface area contributed by atoms with Gasteiger partial charge in [-0.3, -0.25) is 0 Å². The van der Waals surface area contributed by atoms with Gasteiger partial charge in [0.25, 0.3) is 0 Å². The van der Waals surface area contributed by atoms with Gasteiger partial charge >= 0.3 is 0 Å². The molecule has 3 rings (SSSR count). The number of nitrogens with one attached hydrogen (secondary N) is 1. The van der Waals surface area contributed by atoms with E-state index in [1.807, 2.05) is 0 Å². The molecule has 1 unspecified atom stereocenters. The Morgan fingerprint density at radius 1 is 1.35 bits per heavy atom. The molecule has 0 spiro atoms. The molecule has 2 heterocycles. The van der Waals surface area contributed by atoms with Crippen molar-refractivity contribution in [3.8, 4) is 11.5 Å². The normalized spacial score (nSPS) is 23.9. The predicted octanol–water partition coefficient (Wildman–Crippen LogP) is 0.206. The van der Waals surface area contributed by atoms with Crippen LogP contribution in [0.25, 0.3) is 0 Å². The third kappa shape index (κ3) is 3.59. The number of benzene rings is 1. The van der Waals surface area contributed by atoms with E-state index in [-0.39, 0.29) is 24.8 Å². The minimum absolute atomic E-state index is 0.0397. The summed E-state index contributed by atoms with van der Waals surface area (Å²) in [7, 11) is -3.78.